The van der Waals surface area contributed by atoms with Gasteiger partial charge >= 0.3 is 0 Å². The van der Waals surface area contributed by atoms with Crippen LogP contribution in [0.25, 0.3) is 0 Å². The van der Waals surface area contributed by atoms with E-state index in [9.17, 15) is 0 Å². The van der Waals surface area contributed by atoms with Gasteiger partial charge in [-0.25, -0.2) is 0 Å². The molecule has 0 unspecified atom stereocenters. The molecule has 0 aromatic rings. The minimum Gasteiger partial charge on any atom is -0.315 e. The molecule has 0 saturated heterocycles. The van der Waals surface area contributed by atoms with Gasteiger partial charge in [0.05, 0.1) is 34.5 Å². The second-order valence-corrected chi connectivity index (χ2v) is 4.00. The number of nitriles is 1. The van der Waals surface area contributed by atoms with Gasteiger partial charge in [-0.15, -0.1) is 0 Å². The molecule has 0 radical (unpaired) electrons. The van der Waals surface area contributed by atoms with Crippen LogP contribution in [0.3, 0.4) is 0 Å². The fourth-order valence-corrected chi connectivity index (χ4v) is 1.55. The van der Waals surface area contributed by atoms with Crippen LogP contribution in [0.2, 0.25) is 0 Å². The molecule has 0 aromatic carbocycles. The van der Waals surface area contributed by atoms with Gasteiger partial charge in [-0.3, -0.25) is 0 Å². The van der Waals surface area contributed by atoms with Crippen molar-refractivity contribution in [1.82, 2.24) is 3.11 Å². The van der Waals surface area contributed by atoms with E-state index in [1.54, 1.807) is 0 Å². The van der Waals surface area contributed by atoms with Crippen LogP contribution >= 0.6 is 22.9 Å². The predicted molar refractivity (Wildman–Crippen MR) is 61.9 cm³/mol. The highest BCUT2D eigenvalue weighted by Crippen LogP contribution is 2.16. The summed E-state index contributed by atoms with van der Waals surface area (Å²) in [4.78, 5) is 0. The van der Waals surface area contributed by atoms with Gasteiger partial charge in [-0.1, -0.05) is 12.7 Å². The lowest BCUT2D eigenvalue weighted by atomic mass is 10.2. The fraction of sp³-hybridized carbons (Fsp3) is 0.300. The van der Waals surface area contributed by atoms with Crippen LogP contribution in [0, 0.1) is 11.3 Å². The molecule has 0 amide bonds. The largest absolute Gasteiger partial charge is 0.315 e. The van der Waals surface area contributed by atoms with Gasteiger partial charge in [-0.05, 0) is 25.0 Å². The highest BCUT2D eigenvalue weighted by atomic mass is 127. The molecule has 0 saturated carbocycles. The molecular weight excluding hydrogens is 275 g/mol. The molecule has 0 N–H and O–H groups in total. The lowest BCUT2D eigenvalue weighted by Crippen LogP contribution is -2.09. The third kappa shape index (κ3) is 3.23. The quantitative estimate of drug-likeness (QED) is 0.505. The third-order valence-electron chi connectivity index (χ3n) is 1.79. The van der Waals surface area contributed by atoms with E-state index in [1.165, 1.54) is 0 Å². The van der Waals surface area contributed by atoms with E-state index in [0.29, 0.717) is 5.57 Å². The summed E-state index contributed by atoms with van der Waals surface area (Å²) in [6.07, 6.45) is 7.84. The van der Waals surface area contributed by atoms with Crippen LogP contribution in [0.1, 0.15) is 12.8 Å². The van der Waals surface area contributed by atoms with Crippen molar-refractivity contribution in [1.29, 1.82) is 5.26 Å². The average molecular weight is 286 g/mol. The van der Waals surface area contributed by atoms with E-state index in [2.05, 4.69) is 35.5 Å². The Bertz CT molecular complexity index is 297. The zero-order chi connectivity index (χ0) is 9.68. The van der Waals surface area contributed by atoms with E-state index in [1.807, 2.05) is 21.3 Å². The molecule has 0 fully saturated rings. The van der Waals surface area contributed by atoms with Gasteiger partial charge in [0.15, 0.2) is 0 Å². The molecule has 1 aliphatic heterocycles. The number of hydrogen-bond acceptors (Lipinski definition) is 2. The van der Waals surface area contributed by atoms with Crippen molar-refractivity contribution in [3.05, 3.63) is 36.1 Å². The Labute approximate surface area is 92.7 Å². The SMILES string of the molecule is C=C1C=C(C#N)/C=C\CCCN1I. The minimum atomic E-state index is 0.675. The third-order valence-corrected chi connectivity index (χ3v) is 2.89. The number of nitrogens with zero attached hydrogens (tertiary/aromatic N) is 2. The summed E-state index contributed by atoms with van der Waals surface area (Å²) in [5, 5.41) is 8.77. The molecule has 2 nitrogen and oxygen atoms in total. The van der Waals surface area contributed by atoms with Crippen molar-refractivity contribution in [3.63, 3.8) is 0 Å². The Morgan fingerprint density at radius 1 is 1.62 bits per heavy atom. The van der Waals surface area contributed by atoms with Crippen molar-refractivity contribution in [3.8, 4) is 6.07 Å². The zero-order valence-electron chi connectivity index (χ0n) is 7.33. The van der Waals surface area contributed by atoms with Crippen LogP contribution in [0.15, 0.2) is 36.1 Å². The molecule has 68 valence electrons. The van der Waals surface area contributed by atoms with E-state index in [-0.39, 0.29) is 0 Å². The minimum absolute atomic E-state index is 0.675. The smallest absolute Gasteiger partial charge is 0.0992 e. The van der Waals surface area contributed by atoms with Gasteiger partial charge in [0.2, 0.25) is 0 Å². The maximum absolute atomic E-state index is 8.77. The van der Waals surface area contributed by atoms with Crippen molar-refractivity contribution < 1.29 is 0 Å². The highest BCUT2D eigenvalue weighted by molar-refractivity contribution is 14.1. The predicted octanol–water partition coefficient (Wildman–Crippen LogP) is 2.95. The summed E-state index contributed by atoms with van der Waals surface area (Å²) in [5.41, 5.74) is 1.57. The first kappa shape index (κ1) is 10.3. The van der Waals surface area contributed by atoms with Crippen molar-refractivity contribution in [2.45, 2.75) is 12.8 Å². The fourth-order valence-electron chi connectivity index (χ4n) is 1.07. The first-order valence-corrected chi connectivity index (χ1v) is 5.11. The molecule has 0 atom stereocenters. The Kier molecular flexibility index (Phi) is 4.03. The summed E-state index contributed by atoms with van der Waals surface area (Å²) in [5.74, 6) is 0. The Balaban J connectivity index is 2.85. The highest BCUT2D eigenvalue weighted by Gasteiger charge is 2.03. The van der Waals surface area contributed by atoms with E-state index in [4.69, 9.17) is 5.26 Å². The molecule has 0 spiro atoms. The topological polar surface area (TPSA) is 27.0 Å². The lowest BCUT2D eigenvalue weighted by Gasteiger charge is -2.15. The number of halogens is 1. The summed E-state index contributed by atoms with van der Waals surface area (Å²) in [6, 6.07) is 2.13. The Morgan fingerprint density at radius 3 is 3.08 bits per heavy atom. The van der Waals surface area contributed by atoms with E-state index >= 15 is 0 Å². The zero-order valence-corrected chi connectivity index (χ0v) is 9.49. The number of allylic oxidation sites excluding steroid dienone is 4. The van der Waals surface area contributed by atoms with Crippen LogP contribution in [0.4, 0.5) is 0 Å². The Hall–Kier alpha value is -0.760. The number of rotatable bonds is 0. The van der Waals surface area contributed by atoms with Crippen molar-refractivity contribution in [2.24, 2.45) is 0 Å². The summed E-state index contributed by atoms with van der Waals surface area (Å²) in [6.45, 7) is 4.88. The van der Waals surface area contributed by atoms with Crippen molar-refractivity contribution >= 4 is 22.9 Å². The molecule has 1 aliphatic rings. The summed E-state index contributed by atoms with van der Waals surface area (Å²) >= 11 is 2.22. The van der Waals surface area contributed by atoms with Crippen molar-refractivity contribution in [2.75, 3.05) is 6.54 Å². The number of hydrogen-bond donors (Lipinski definition) is 0. The average Bonchev–Trinajstić information content (AvgIpc) is 2.20. The maximum Gasteiger partial charge on any atom is 0.0992 e. The molecule has 0 bridgehead atoms. The normalized spacial score (nSPS) is 20.8. The second-order valence-electron chi connectivity index (χ2n) is 2.83. The van der Waals surface area contributed by atoms with Crippen LogP contribution in [0.5, 0.6) is 0 Å². The molecule has 1 heterocycles. The Morgan fingerprint density at radius 2 is 2.38 bits per heavy atom. The summed E-state index contributed by atoms with van der Waals surface area (Å²) in [7, 11) is 0. The monoisotopic (exact) mass is 286 g/mol. The summed E-state index contributed by atoms with van der Waals surface area (Å²) < 4.78 is 2.04. The first-order chi connectivity index (χ1) is 6.24. The maximum atomic E-state index is 8.77. The molecule has 0 aliphatic carbocycles. The molecular formula is C10H11IN2. The van der Waals surface area contributed by atoms with E-state index in [0.717, 1.165) is 25.1 Å². The van der Waals surface area contributed by atoms with Gasteiger partial charge in [0, 0.05) is 12.2 Å². The van der Waals surface area contributed by atoms with Gasteiger partial charge in [-0.2, -0.15) is 5.26 Å². The molecule has 1 rings (SSSR count). The first-order valence-electron chi connectivity index (χ1n) is 4.14. The molecule has 13 heavy (non-hydrogen) atoms. The van der Waals surface area contributed by atoms with Gasteiger partial charge in [0.25, 0.3) is 0 Å². The van der Waals surface area contributed by atoms with Crippen LogP contribution < -0.4 is 0 Å². The van der Waals surface area contributed by atoms with E-state index < -0.39 is 0 Å². The second kappa shape index (κ2) is 5.07. The molecule has 3 heteroatoms. The van der Waals surface area contributed by atoms with Gasteiger partial charge in [0.1, 0.15) is 0 Å². The van der Waals surface area contributed by atoms with Crippen LogP contribution in [-0.2, 0) is 0 Å². The van der Waals surface area contributed by atoms with Crippen LogP contribution in [-0.4, -0.2) is 9.66 Å². The van der Waals surface area contributed by atoms with Gasteiger partial charge < -0.3 is 3.11 Å². The standard InChI is InChI=1S/C10H11IN2/c1-9-7-10(8-12)5-3-2-4-6-13(9)11/h3,5,7H,1-2,4,6H2/b5-3-,10-7?. The molecule has 0 aromatic heterocycles. The lowest BCUT2D eigenvalue weighted by molar-refractivity contribution is 0.604.